The Hall–Kier alpha value is -3.47. The van der Waals surface area contributed by atoms with E-state index in [1.54, 1.807) is 4.90 Å². The number of carbonyl (C=O) groups excluding carboxylic acids is 1. The summed E-state index contributed by atoms with van der Waals surface area (Å²) in [5, 5.41) is 1.32. The molecule has 5 rings (SSSR count). The lowest BCUT2D eigenvalue weighted by atomic mass is 10.0. The van der Waals surface area contributed by atoms with Gasteiger partial charge in [-0.3, -0.25) is 9.69 Å². The largest absolute Gasteiger partial charge is 0.279 e. The van der Waals surface area contributed by atoms with Gasteiger partial charge in [-0.25, -0.2) is 4.98 Å². The van der Waals surface area contributed by atoms with Crippen molar-refractivity contribution in [1.82, 2.24) is 4.98 Å². The molecule has 0 saturated heterocycles. The summed E-state index contributed by atoms with van der Waals surface area (Å²) in [6.07, 6.45) is 0.835. The van der Waals surface area contributed by atoms with Crippen LogP contribution in [0.5, 0.6) is 0 Å². The molecule has 0 saturated carbocycles. The first-order valence-corrected chi connectivity index (χ1v) is 11.9. The molecule has 0 N–H and O–H groups in total. The van der Waals surface area contributed by atoms with Crippen LogP contribution >= 0.6 is 22.9 Å². The van der Waals surface area contributed by atoms with Crippen LogP contribution in [0.1, 0.15) is 27.0 Å². The summed E-state index contributed by atoms with van der Waals surface area (Å²) in [6, 6.07) is 33.8. The van der Waals surface area contributed by atoms with E-state index in [2.05, 4.69) is 12.1 Å². The maximum atomic E-state index is 13.6. The normalized spacial score (nSPS) is 10.9. The highest BCUT2D eigenvalue weighted by atomic mass is 35.5. The molecular formula is C28H21ClN2OS. The van der Waals surface area contributed by atoms with E-state index in [1.165, 1.54) is 22.5 Å². The van der Waals surface area contributed by atoms with Crippen molar-refractivity contribution in [3.8, 4) is 0 Å². The molecule has 0 spiro atoms. The summed E-state index contributed by atoms with van der Waals surface area (Å²) < 4.78 is 0.960. The molecule has 162 valence electrons. The quantitative estimate of drug-likeness (QED) is 0.260. The molecule has 5 aromatic rings. The molecule has 0 fully saturated rings. The summed E-state index contributed by atoms with van der Waals surface area (Å²) in [7, 11) is 0. The highest BCUT2D eigenvalue weighted by Crippen LogP contribution is 2.32. The van der Waals surface area contributed by atoms with Gasteiger partial charge in [0.1, 0.15) is 0 Å². The molecule has 0 atom stereocenters. The molecule has 1 heterocycles. The van der Waals surface area contributed by atoms with Crippen LogP contribution in [0.15, 0.2) is 103 Å². The molecule has 3 nitrogen and oxygen atoms in total. The van der Waals surface area contributed by atoms with E-state index in [9.17, 15) is 4.79 Å². The minimum absolute atomic E-state index is 0.0738. The zero-order chi connectivity index (χ0) is 22.6. The number of carbonyl (C=O) groups is 1. The molecule has 1 aromatic heterocycles. The molecule has 0 unspecified atom stereocenters. The fraction of sp³-hybridized carbons (Fsp3) is 0.0714. The molecule has 0 bridgehead atoms. The third kappa shape index (κ3) is 4.98. The van der Waals surface area contributed by atoms with Gasteiger partial charge in [0.15, 0.2) is 5.13 Å². The Morgan fingerprint density at radius 3 is 2.12 bits per heavy atom. The Morgan fingerprint density at radius 1 is 0.788 bits per heavy atom. The smallest absolute Gasteiger partial charge is 0.260 e. The van der Waals surface area contributed by atoms with Crippen LogP contribution in [0.25, 0.3) is 10.2 Å². The Kier molecular flexibility index (Phi) is 6.20. The van der Waals surface area contributed by atoms with Gasteiger partial charge in [-0.1, -0.05) is 95.7 Å². The van der Waals surface area contributed by atoms with E-state index in [0.717, 1.165) is 22.2 Å². The Bertz CT molecular complexity index is 1380. The van der Waals surface area contributed by atoms with Gasteiger partial charge < -0.3 is 0 Å². The predicted octanol–water partition coefficient (Wildman–Crippen LogP) is 7.39. The number of halogens is 1. The molecule has 0 aliphatic rings. The summed E-state index contributed by atoms with van der Waals surface area (Å²) in [5.74, 6) is -0.0738. The molecule has 5 heteroatoms. The number of nitrogens with zero attached hydrogens (tertiary/aromatic N) is 2. The second kappa shape index (κ2) is 9.57. The van der Waals surface area contributed by atoms with Crippen LogP contribution in [0.3, 0.4) is 0 Å². The number of amides is 1. The first-order chi connectivity index (χ1) is 16.2. The van der Waals surface area contributed by atoms with Gasteiger partial charge >= 0.3 is 0 Å². The topological polar surface area (TPSA) is 33.2 Å². The standard InChI is InChI=1S/C28H21ClN2OS/c29-24-15-16-25-26(18-24)33-28(30-25)31(19-22-9-5-2-6-10-22)27(32)23-13-11-21(12-14-23)17-20-7-3-1-4-8-20/h1-16,18H,17,19H2. The lowest BCUT2D eigenvalue weighted by Gasteiger charge is -2.20. The zero-order valence-electron chi connectivity index (χ0n) is 17.8. The second-order valence-corrected chi connectivity index (χ2v) is 9.29. The molecule has 0 aliphatic heterocycles. The van der Waals surface area contributed by atoms with Crippen LogP contribution in [0.2, 0.25) is 5.02 Å². The van der Waals surface area contributed by atoms with Gasteiger partial charge in [-0.05, 0) is 53.4 Å². The SMILES string of the molecule is O=C(c1ccc(Cc2ccccc2)cc1)N(Cc1ccccc1)c1nc2ccc(Cl)cc2s1. The minimum atomic E-state index is -0.0738. The number of hydrogen-bond donors (Lipinski definition) is 0. The van der Waals surface area contributed by atoms with Crippen LogP contribution in [-0.4, -0.2) is 10.9 Å². The third-order valence-electron chi connectivity index (χ3n) is 5.45. The zero-order valence-corrected chi connectivity index (χ0v) is 19.4. The van der Waals surface area contributed by atoms with E-state index in [1.807, 2.05) is 91.0 Å². The van der Waals surface area contributed by atoms with E-state index in [4.69, 9.17) is 16.6 Å². The summed E-state index contributed by atoms with van der Waals surface area (Å²) >= 11 is 7.64. The number of thiazole rings is 1. The fourth-order valence-electron chi connectivity index (χ4n) is 3.75. The van der Waals surface area contributed by atoms with E-state index in [-0.39, 0.29) is 5.91 Å². The van der Waals surface area contributed by atoms with E-state index >= 15 is 0 Å². The first-order valence-electron chi connectivity index (χ1n) is 10.7. The van der Waals surface area contributed by atoms with Crippen molar-refractivity contribution >= 4 is 44.2 Å². The summed E-state index contributed by atoms with van der Waals surface area (Å²) in [6.45, 7) is 0.443. The lowest BCUT2D eigenvalue weighted by molar-refractivity contribution is 0.0985. The van der Waals surface area contributed by atoms with E-state index in [0.29, 0.717) is 22.3 Å². The lowest BCUT2D eigenvalue weighted by Crippen LogP contribution is -2.30. The van der Waals surface area contributed by atoms with Gasteiger partial charge in [0.25, 0.3) is 5.91 Å². The average Bonchev–Trinajstić information content (AvgIpc) is 3.27. The molecule has 0 radical (unpaired) electrons. The predicted molar refractivity (Wildman–Crippen MR) is 137 cm³/mol. The van der Waals surface area contributed by atoms with Gasteiger partial charge in [-0.2, -0.15) is 0 Å². The third-order valence-corrected chi connectivity index (χ3v) is 6.73. The first kappa shape index (κ1) is 21.4. The fourth-order valence-corrected chi connectivity index (χ4v) is 4.99. The van der Waals surface area contributed by atoms with Crippen molar-refractivity contribution in [3.05, 3.63) is 130 Å². The van der Waals surface area contributed by atoms with Crippen molar-refractivity contribution in [3.63, 3.8) is 0 Å². The minimum Gasteiger partial charge on any atom is -0.279 e. The van der Waals surface area contributed by atoms with Crippen molar-refractivity contribution in [1.29, 1.82) is 0 Å². The van der Waals surface area contributed by atoms with Gasteiger partial charge in [-0.15, -0.1) is 0 Å². The molecule has 33 heavy (non-hydrogen) atoms. The maximum Gasteiger partial charge on any atom is 0.260 e. The number of fused-ring (bicyclic) bond motifs is 1. The van der Waals surface area contributed by atoms with Crippen molar-refractivity contribution in [2.45, 2.75) is 13.0 Å². The Balaban J connectivity index is 1.45. The number of anilines is 1. The molecule has 4 aromatic carbocycles. The Labute approximate surface area is 201 Å². The highest BCUT2D eigenvalue weighted by Gasteiger charge is 2.22. The average molecular weight is 469 g/mol. The maximum absolute atomic E-state index is 13.6. The second-order valence-electron chi connectivity index (χ2n) is 7.84. The summed E-state index contributed by atoms with van der Waals surface area (Å²) in [4.78, 5) is 20.1. The van der Waals surface area contributed by atoms with Gasteiger partial charge in [0, 0.05) is 10.6 Å². The van der Waals surface area contributed by atoms with Crippen molar-refractivity contribution in [2.75, 3.05) is 4.90 Å². The number of hydrogen-bond acceptors (Lipinski definition) is 3. The van der Waals surface area contributed by atoms with Gasteiger partial charge in [0.2, 0.25) is 0 Å². The molecule has 1 amide bonds. The molecule has 0 aliphatic carbocycles. The van der Waals surface area contributed by atoms with Crippen molar-refractivity contribution < 1.29 is 4.79 Å². The Morgan fingerprint density at radius 2 is 1.42 bits per heavy atom. The van der Waals surface area contributed by atoms with Crippen LogP contribution in [0.4, 0.5) is 5.13 Å². The van der Waals surface area contributed by atoms with Crippen LogP contribution in [-0.2, 0) is 13.0 Å². The monoisotopic (exact) mass is 468 g/mol. The van der Waals surface area contributed by atoms with Crippen LogP contribution in [0, 0.1) is 0 Å². The van der Waals surface area contributed by atoms with E-state index < -0.39 is 0 Å². The van der Waals surface area contributed by atoms with Crippen molar-refractivity contribution in [2.24, 2.45) is 0 Å². The number of aromatic nitrogens is 1. The van der Waals surface area contributed by atoms with Gasteiger partial charge in [0.05, 0.1) is 16.8 Å². The number of rotatable bonds is 6. The molecular weight excluding hydrogens is 448 g/mol. The summed E-state index contributed by atoms with van der Waals surface area (Å²) in [5.41, 5.74) is 4.93. The highest BCUT2D eigenvalue weighted by molar-refractivity contribution is 7.22. The number of benzene rings is 4. The van der Waals surface area contributed by atoms with Crippen LogP contribution < -0.4 is 4.90 Å².